The molecule has 96 valence electrons. The van der Waals surface area contributed by atoms with E-state index in [9.17, 15) is 0 Å². The summed E-state index contributed by atoms with van der Waals surface area (Å²) in [4.78, 5) is 0. The van der Waals surface area contributed by atoms with Crippen molar-refractivity contribution in [3.05, 3.63) is 69.8 Å². The van der Waals surface area contributed by atoms with Crippen LogP contribution in [-0.4, -0.2) is 0 Å². The van der Waals surface area contributed by atoms with E-state index in [0.29, 0.717) is 0 Å². The molecule has 0 spiro atoms. The van der Waals surface area contributed by atoms with Crippen molar-refractivity contribution in [3.8, 4) is 0 Å². The topological polar surface area (TPSA) is 0 Å². The first-order valence-electron chi connectivity index (χ1n) is 6.49. The second kappa shape index (κ2) is 6.39. The SMILES string of the molecule is Cc1ccc(C)c(C)c1C.Cc1ccccc1C. The van der Waals surface area contributed by atoms with E-state index in [1.165, 1.54) is 33.4 Å². The highest BCUT2D eigenvalue weighted by molar-refractivity contribution is 5.37. The molecule has 0 heteroatoms. The minimum atomic E-state index is 1.37. The molecule has 2 aromatic carbocycles. The van der Waals surface area contributed by atoms with Crippen LogP contribution in [0, 0.1) is 41.5 Å². The Kier molecular flexibility index (Phi) is 5.15. The van der Waals surface area contributed by atoms with Crippen LogP contribution in [0.5, 0.6) is 0 Å². The van der Waals surface area contributed by atoms with Gasteiger partial charge in [-0.2, -0.15) is 0 Å². The summed E-state index contributed by atoms with van der Waals surface area (Å²) in [6, 6.07) is 12.7. The van der Waals surface area contributed by atoms with E-state index < -0.39 is 0 Å². The fourth-order valence-corrected chi connectivity index (χ4v) is 1.75. The van der Waals surface area contributed by atoms with Crippen LogP contribution in [0.25, 0.3) is 0 Å². The van der Waals surface area contributed by atoms with Crippen LogP contribution in [0.15, 0.2) is 36.4 Å². The van der Waals surface area contributed by atoms with Crippen molar-refractivity contribution in [1.29, 1.82) is 0 Å². The zero-order valence-corrected chi connectivity index (χ0v) is 12.5. The van der Waals surface area contributed by atoms with Crippen LogP contribution >= 0.6 is 0 Å². The zero-order chi connectivity index (χ0) is 13.7. The Labute approximate surface area is 112 Å². The van der Waals surface area contributed by atoms with Gasteiger partial charge in [-0.05, 0) is 74.9 Å². The molecule has 2 rings (SSSR count). The highest BCUT2D eigenvalue weighted by Gasteiger charge is 1.97. The molecule has 0 aliphatic carbocycles. The van der Waals surface area contributed by atoms with Gasteiger partial charge in [-0.1, -0.05) is 36.4 Å². The maximum atomic E-state index is 2.18. The molecular formula is C18H24. The van der Waals surface area contributed by atoms with E-state index in [1.807, 2.05) is 0 Å². The average molecular weight is 240 g/mol. The quantitative estimate of drug-likeness (QED) is 0.592. The van der Waals surface area contributed by atoms with Gasteiger partial charge in [0.2, 0.25) is 0 Å². The maximum absolute atomic E-state index is 2.18. The summed E-state index contributed by atoms with van der Waals surface area (Å²) >= 11 is 0. The van der Waals surface area contributed by atoms with Crippen molar-refractivity contribution < 1.29 is 0 Å². The highest BCUT2D eigenvalue weighted by Crippen LogP contribution is 2.15. The molecule has 0 saturated carbocycles. The smallest absolute Gasteiger partial charge is 0.0392 e. The van der Waals surface area contributed by atoms with Gasteiger partial charge in [0.05, 0.1) is 0 Å². The monoisotopic (exact) mass is 240 g/mol. The van der Waals surface area contributed by atoms with Crippen LogP contribution in [-0.2, 0) is 0 Å². The van der Waals surface area contributed by atoms with Crippen molar-refractivity contribution in [1.82, 2.24) is 0 Å². The van der Waals surface area contributed by atoms with Gasteiger partial charge in [-0.15, -0.1) is 0 Å². The first-order chi connectivity index (χ1) is 8.43. The van der Waals surface area contributed by atoms with Crippen LogP contribution in [0.1, 0.15) is 33.4 Å². The third-order valence-electron chi connectivity index (χ3n) is 3.75. The normalized spacial score (nSPS) is 9.67. The molecule has 0 saturated heterocycles. The lowest BCUT2D eigenvalue weighted by Gasteiger charge is -2.06. The van der Waals surface area contributed by atoms with Gasteiger partial charge in [-0.25, -0.2) is 0 Å². The largest absolute Gasteiger partial charge is 0.0620 e. The van der Waals surface area contributed by atoms with E-state index in [2.05, 4.69) is 77.9 Å². The van der Waals surface area contributed by atoms with Crippen molar-refractivity contribution in [2.45, 2.75) is 41.5 Å². The van der Waals surface area contributed by atoms with Crippen molar-refractivity contribution in [2.24, 2.45) is 0 Å². The summed E-state index contributed by atoms with van der Waals surface area (Å²) in [5.74, 6) is 0. The molecule has 18 heavy (non-hydrogen) atoms. The lowest BCUT2D eigenvalue weighted by atomic mass is 10.0. The van der Waals surface area contributed by atoms with E-state index in [4.69, 9.17) is 0 Å². The van der Waals surface area contributed by atoms with Gasteiger partial charge >= 0.3 is 0 Å². The molecule has 0 N–H and O–H groups in total. The Morgan fingerprint density at radius 1 is 0.444 bits per heavy atom. The van der Waals surface area contributed by atoms with Gasteiger partial charge < -0.3 is 0 Å². The molecule has 0 aliphatic rings. The zero-order valence-electron chi connectivity index (χ0n) is 12.5. The summed E-state index contributed by atoms with van der Waals surface area (Å²) in [7, 11) is 0. The number of benzene rings is 2. The molecule has 0 heterocycles. The van der Waals surface area contributed by atoms with Crippen LogP contribution < -0.4 is 0 Å². The summed E-state index contributed by atoms with van der Waals surface area (Å²) in [5.41, 5.74) is 8.38. The van der Waals surface area contributed by atoms with Gasteiger partial charge in [0, 0.05) is 0 Å². The van der Waals surface area contributed by atoms with Crippen molar-refractivity contribution >= 4 is 0 Å². The fraction of sp³-hybridized carbons (Fsp3) is 0.333. The van der Waals surface area contributed by atoms with Crippen LogP contribution in [0.2, 0.25) is 0 Å². The molecule has 0 unspecified atom stereocenters. The highest BCUT2D eigenvalue weighted by atomic mass is 14.0. The Morgan fingerprint density at radius 2 is 0.778 bits per heavy atom. The predicted octanol–water partition coefficient (Wildman–Crippen LogP) is 5.22. The van der Waals surface area contributed by atoms with E-state index >= 15 is 0 Å². The molecule has 0 aliphatic heterocycles. The molecule has 0 bridgehead atoms. The standard InChI is InChI=1S/C10H14.C8H10/c1-7-5-6-8(2)10(4)9(7)3;1-7-5-3-4-6-8(7)2/h5-6H,1-4H3;3-6H,1-2H3. The van der Waals surface area contributed by atoms with E-state index in [1.54, 1.807) is 0 Å². The first kappa shape index (κ1) is 14.5. The fourth-order valence-electron chi connectivity index (χ4n) is 1.75. The van der Waals surface area contributed by atoms with Gasteiger partial charge in [0.25, 0.3) is 0 Å². The summed E-state index contributed by atoms with van der Waals surface area (Å²) in [5, 5.41) is 0. The summed E-state index contributed by atoms with van der Waals surface area (Å²) in [6.45, 7) is 12.9. The Morgan fingerprint density at radius 3 is 1.06 bits per heavy atom. The van der Waals surface area contributed by atoms with E-state index in [-0.39, 0.29) is 0 Å². The maximum Gasteiger partial charge on any atom is -0.0392 e. The number of aryl methyl sites for hydroxylation is 4. The molecule has 2 aromatic rings. The van der Waals surface area contributed by atoms with Crippen LogP contribution in [0.3, 0.4) is 0 Å². The van der Waals surface area contributed by atoms with Gasteiger partial charge in [-0.3, -0.25) is 0 Å². The Balaban J connectivity index is 0.000000184. The van der Waals surface area contributed by atoms with Crippen molar-refractivity contribution in [3.63, 3.8) is 0 Å². The average Bonchev–Trinajstić information content (AvgIpc) is 2.36. The Hall–Kier alpha value is -1.56. The number of hydrogen-bond donors (Lipinski definition) is 0. The first-order valence-corrected chi connectivity index (χ1v) is 6.49. The van der Waals surface area contributed by atoms with E-state index in [0.717, 1.165) is 0 Å². The molecular weight excluding hydrogens is 216 g/mol. The number of rotatable bonds is 0. The molecule has 0 aromatic heterocycles. The second-order valence-corrected chi connectivity index (χ2v) is 5.03. The Bertz CT molecular complexity index is 474. The lowest BCUT2D eigenvalue weighted by Crippen LogP contribution is -1.88. The summed E-state index contributed by atoms with van der Waals surface area (Å²) in [6.07, 6.45) is 0. The number of hydrogen-bond acceptors (Lipinski definition) is 0. The minimum absolute atomic E-state index is 1.37. The third-order valence-corrected chi connectivity index (χ3v) is 3.75. The molecule has 0 atom stereocenters. The van der Waals surface area contributed by atoms with Gasteiger partial charge in [0.15, 0.2) is 0 Å². The van der Waals surface area contributed by atoms with Crippen LogP contribution in [0.4, 0.5) is 0 Å². The second-order valence-electron chi connectivity index (χ2n) is 5.03. The summed E-state index contributed by atoms with van der Waals surface area (Å²) < 4.78 is 0. The van der Waals surface area contributed by atoms with Crippen molar-refractivity contribution in [2.75, 3.05) is 0 Å². The molecule has 0 nitrogen and oxygen atoms in total. The molecule has 0 fully saturated rings. The lowest BCUT2D eigenvalue weighted by molar-refractivity contribution is 1.22. The molecule has 0 radical (unpaired) electrons. The minimum Gasteiger partial charge on any atom is -0.0620 e. The van der Waals surface area contributed by atoms with Gasteiger partial charge in [0.1, 0.15) is 0 Å². The predicted molar refractivity (Wildman–Crippen MR) is 81.3 cm³/mol. The third kappa shape index (κ3) is 3.73. The molecule has 0 amide bonds.